The molecule has 0 spiro atoms. The summed E-state index contributed by atoms with van der Waals surface area (Å²) in [5.41, 5.74) is 5.37. The van der Waals surface area contributed by atoms with E-state index in [1.165, 1.54) is 22.2 Å². The lowest BCUT2D eigenvalue weighted by Gasteiger charge is -2.02. The first-order valence-electron chi connectivity index (χ1n) is 10.2. The number of benzene rings is 1. The second kappa shape index (κ2) is 12.2. The fourth-order valence-corrected chi connectivity index (χ4v) is 4.41. The molecule has 0 fully saturated rings. The standard InChI is InChI=1S/C19H20F2N4O3S2.C2HF3O2/c1-30(27,28)16-5-2-13(3-6-16)17-7-4-15(29-17)8-9-24-12-23-25(19(24)26)11-14(10-22)18(20)21;3-2(4,5)1(6)7/h2-7,12H,8-11,22H2,1H3;(H,6,7). The maximum absolute atomic E-state index is 12.7. The Morgan fingerprint density at radius 3 is 2.22 bits per heavy atom. The molecule has 3 rings (SSSR count). The molecule has 0 saturated heterocycles. The quantitative estimate of drug-likeness (QED) is 0.398. The van der Waals surface area contributed by atoms with E-state index < -0.39 is 33.8 Å². The van der Waals surface area contributed by atoms with Gasteiger partial charge in [-0.3, -0.25) is 4.57 Å². The van der Waals surface area contributed by atoms with Gasteiger partial charge in [-0.2, -0.15) is 27.1 Å². The van der Waals surface area contributed by atoms with Crippen LogP contribution in [0.15, 0.2) is 64.1 Å². The van der Waals surface area contributed by atoms with Crippen molar-refractivity contribution in [1.29, 1.82) is 0 Å². The molecule has 0 unspecified atom stereocenters. The minimum absolute atomic E-state index is 0.264. The third-order valence-electron chi connectivity index (χ3n) is 4.72. The predicted octanol–water partition coefficient (Wildman–Crippen LogP) is 3.16. The number of sulfone groups is 1. The van der Waals surface area contributed by atoms with Crippen LogP contribution in [-0.2, 0) is 34.1 Å². The summed E-state index contributed by atoms with van der Waals surface area (Å²) < 4.78 is 82.7. The minimum atomic E-state index is -5.08. The number of hydrogen-bond donors (Lipinski definition) is 2. The number of rotatable bonds is 8. The lowest BCUT2D eigenvalue weighted by molar-refractivity contribution is -0.192. The van der Waals surface area contributed by atoms with Crippen molar-refractivity contribution < 1.29 is 40.3 Å². The maximum atomic E-state index is 12.7. The lowest BCUT2D eigenvalue weighted by Crippen LogP contribution is -2.27. The van der Waals surface area contributed by atoms with Crippen LogP contribution in [0, 0.1) is 0 Å². The van der Waals surface area contributed by atoms with E-state index in [9.17, 15) is 35.2 Å². The van der Waals surface area contributed by atoms with Crippen LogP contribution in [0.2, 0.25) is 0 Å². The molecule has 37 heavy (non-hydrogen) atoms. The summed E-state index contributed by atoms with van der Waals surface area (Å²) in [4.78, 5) is 23.5. The summed E-state index contributed by atoms with van der Waals surface area (Å²) >= 11 is 1.53. The van der Waals surface area contributed by atoms with Crippen LogP contribution in [0.3, 0.4) is 0 Å². The smallest absolute Gasteiger partial charge is 0.475 e. The second-order valence-electron chi connectivity index (χ2n) is 7.45. The fourth-order valence-electron chi connectivity index (χ4n) is 2.78. The number of halogens is 5. The molecule has 3 N–H and O–H groups in total. The van der Waals surface area contributed by atoms with Gasteiger partial charge in [-0.05, 0) is 36.2 Å². The summed E-state index contributed by atoms with van der Waals surface area (Å²) in [6.45, 7) is -0.326. The van der Waals surface area contributed by atoms with Crippen LogP contribution in [0.4, 0.5) is 22.0 Å². The van der Waals surface area contributed by atoms with Gasteiger partial charge in [-0.25, -0.2) is 22.7 Å². The van der Waals surface area contributed by atoms with Gasteiger partial charge in [0, 0.05) is 34.7 Å². The highest BCUT2D eigenvalue weighted by Crippen LogP contribution is 2.29. The molecule has 0 aliphatic heterocycles. The predicted molar refractivity (Wildman–Crippen MR) is 125 cm³/mol. The molecule has 9 nitrogen and oxygen atoms in total. The molecule has 1 aromatic carbocycles. The zero-order valence-corrected chi connectivity index (χ0v) is 20.7. The average Bonchev–Trinajstić information content (AvgIpc) is 3.42. The highest BCUT2D eigenvalue weighted by molar-refractivity contribution is 7.90. The van der Waals surface area contributed by atoms with Gasteiger partial charge in [-0.1, -0.05) is 12.1 Å². The van der Waals surface area contributed by atoms with E-state index in [1.807, 2.05) is 12.1 Å². The number of nitrogens with two attached hydrogens (primary N) is 1. The topological polar surface area (TPSA) is 137 Å². The van der Waals surface area contributed by atoms with Crippen molar-refractivity contribution >= 4 is 27.1 Å². The molecule has 0 saturated carbocycles. The molecule has 0 atom stereocenters. The first kappa shape index (κ1) is 29.9. The monoisotopic (exact) mass is 568 g/mol. The van der Waals surface area contributed by atoms with Crippen LogP contribution < -0.4 is 11.4 Å². The fraction of sp³-hybridized carbons (Fsp3) is 0.286. The van der Waals surface area contributed by atoms with Gasteiger partial charge >= 0.3 is 17.8 Å². The van der Waals surface area contributed by atoms with E-state index in [-0.39, 0.29) is 23.6 Å². The molecule has 0 aliphatic rings. The Hall–Kier alpha value is -3.37. The van der Waals surface area contributed by atoms with Crippen molar-refractivity contribution in [2.75, 3.05) is 12.8 Å². The Morgan fingerprint density at radius 1 is 1.14 bits per heavy atom. The van der Waals surface area contributed by atoms with Crippen molar-refractivity contribution in [2.24, 2.45) is 5.73 Å². The highest BCUT2D eigenvalue weighted by atomic mass is 32.2. The molecule has 3 aromatic rings. The molecular formula is C21H21F5N4O5S2. The average molecular weight is 569 g/mol. The number of aromatic nitrogens is 3. The Labute approximate surface area is 211 Å². The van der Waals surface area contributed by atoms with Crippen LogP contribution in [-0.4, -0.2) is 52.8 Å². The SMILES string of the molecule is CS(=O)(=O)c1ccc(-c2ccc(CCn3cnn(CC(CN)=C(F)F)c3=O)s2)cc1.O=C(O)C(F)(F)F. The van der Waals surface area contributed by atoms with Gasteiger partial charge in [0.05, 0.1) is 11.4 Å². The summed E-state index contributed by atoms with van der Waals surface area (Å²) in [5.74, 6) is -2.76. The minimum Gasteiger partial charge on any atom is -0.475 e. The van der Waals surface area contributed by atoms with Gasteiger partial charge in [0.2, 0.25) is 0 Å². The van der Waals surface area contributed by atoms with Crippen LogP contribution in [0.5, 0.6) is 0 Å². The number of hydrogen-bond acceptors (Lipinski definition) is 7. The number of aliphatic carboxylic acids is 1. The van der Waals surface area contributed by atoms with E-state index >= 15 is 0 Å². The molecule has 0 amide bonds. The van der Waals surface area contributed by atoms with Crippen molar-refractivity contribution in [1.82, 2.24) is 14.3 Å². The first-order valence-corrected chi connectivity index (χ1v) is 12.9. The molecule has 0 radical (unpaired) electrons. The van der Waals surface area contributed by atoms with Crippen LogP contribution in [0.25, 0.3) is 10.4 Å². The van der Waals surface area contributed by atoms with E-state index in [0.717, 1.165) is 26.3 Å². The molecule has 2 aromatic heterocycles. The van der Waals surface area contributed by atoms with E-state index in [1.54, 1.807) is 24.3 Å². The summed E-state index contributed by atoms with van der Waals surface area (Å²) in [5, 5.41) is 11.0. The normalized spacial score (nSPS) is 11.5. The van der Waals surface area contributed by atoms with Gasteiger partial charge in [0.15, 0.2) is 9.84 Å². The Kier molecular flexibility index (Phi) is 9.88. The molecule has 2 heterocycles. The van der Waals surface area contributed by atoms with Gasteiger partial charge in [0.25, 0.3) is 6.08 Å². The van der Waals surface area contributed by atoms with E-state index in [0.29, 0.717) is 13.0 Å². The van der Waals surface area contributed by atoms with Gasteiger partial charge < -0.3 is 10.8 Å². The number of alkyl halides is 3. The van der Waals surface area contributed by atoms with Crippen LogP contribution in [0.1, 0.15) is 4.88 Å². The Balaban J connectivity index is 0.000000604. The molecule has 16 heteroatoms. The number of carbonyl (C=O) groups is 1. The van der Waals surface area contributed by atoms with Crippen molar-refractivity contribution in [3.63, 3.8) is 0 Å². The lowest BCUT2D eigenvalue weighted by atomic mass is 10.2. The summed E-state index contributed by atoms with van der Waals surface area (Å²) in [7, 11) is -3.24. The van der Waals surface area contributed by atoms with E-state index in [4.69, 9.17) is 15.6 Å². The highest BCUT2D eigenvalue weighted by Gasteiger charge is 2.38. The molecule has 0 bridgehead atoms. The third-order valence-corrected chi connectivity index (χ3v) is 7.04. The molecule has 202 valence electrons. The molecular weight excluding hydrogens is 547 g/mol. The third kappa shape index (κ3) is 8.61. The Morgan fingerprint density at radius 2 is 1.73 bits per heavy atom. The van der Waals surface area contributed by atoms with Gasteiger partial charge in [-0.15, -0.1) is 11.3 Å². The zero-order chi connectivity index (χ0) is 28.0. The number of nitrogens with zero attached hydrogens (tertiary/aromatic N) is 3. The number of thiophene rings is 1. The summed E-state index contributed by atoms with van der Waals surface area (Å²) in [6, 6.07) is 10.5. The number of carboxylic acid groups (broad SMARTS) is 1. The van der Waals surface area contributed by atoms with Crippen molar-refractivity contribution in [2.45, 2.75) is 30.6 Å². The van der Waals surface area contributed by atoms with Crippen molar-refractivity contribution in [3.05, 3.63) is 69.7 Å². The van der Waals surface area contributed by atoms with E-state index in [2.05, 4.69) is 5.10 Å². The van der Waals surface area contributed by atoms with Gasteiger partial charge in [0.1, 0.15) is 6.33 Å². The van der Waals surface area contributed by atoms with Crippen LogP contribution >= 0.6 is 11.3 Å². The maximum Gasteiger partial charge on any atom is 0.490 e. The molecule has 0 aliphatic carbocycles. The Bertz CT molecular complexity index is 1420. The first-order chi connectivity index (χ1) is 17.1. The number of aryl methyl sites for hydroxylation is 2. The zero-order valence-electron chi connectivity index (χ0n) is 19.1. The second-order valence-corrected chi connectivity index (χ2v) is 10.6. The number of carboxylic acids is 1. The largest absolute Gasteiger partial charge is 0.490 e. The summed E-state index contributed by atoms with van der Waals surface area (Å²) in [6.07, 6.45) is -3.93. The van der Waals surface area contributed by atoms with Crippen molar-refractivity contribution in [3.8, 4) is 10.4 Å².